The molecule has 3 N–H and O–H groups in total. The molecule has 0 fully saturated rings. The highest BCUT2D eigenvalue weighted by atomic mass is 35.5. The molecule has 2 aromatic rings. The third-order valence-corrected chi connectivity index (χ3v) is 3.66. The summed E-state index contributed by atoms with van der Waals surface area (Å²) in [5.41, 5.74) is 6.47. The van der Waals surface area contributed by atoms with E-state index in [2.05, 4.69) is 16.2 Å². The highest BCUT2D eigenvalue weighted by Crippen LogP contribution is 2.29. The molecule has 0 bridgehead atoms. The fourth-order valence-corrected chi connectivity index (χ4v) is 2.12. The maximum atomic E-state index is 10.2. The van der Waals surface area contributed by atoms with Gasteiger partial charge in [-0.3, -0.25) is 5.43 Å². The van der Waals surface area contributed by atoms with Gasteiger partial charge in [-0.25, -0.2) is 5.43 Å². The summed E-state index contributed by atoms with van der Waals surface area (Å²) in [6, 6.07) is 8.99. The fourth-order valence-electron chi connectivity index (χ4n) is 1.67. The number of hydrogen-bond acceptors (Lipinski definition) is 4. The third-order valence-electron chi connectivity index (χ3n) is 2.68. The number of carbonyl (C=O) groups excluding carboxylic acids is 1. The quantitative estimate of drug-likeness (QED) is 0.419. The van der Waals surface area contributed by atoms with Crippen LogP contribution in [-0.2, 0) is 11.3 Å². The monoisotopic (exact) mass is 357 g/mol. The Bertz CT molecular complexity index is 676. The molecule has 0 amide bonds. The molecule has 0 atom stereocenters. The molecule has 116 valence electrons. The predicted molar refractivity (Wildman–Crippen MR) is 90.8 cm³/mol. The van der Waals surface area contributed by atoms with Gasteiger partial charge >= 0.3 is 0 Å². The normalized spacial score (nSPS) is 10.3. The molecule has 0 aliphatic rings. The van der Waals surface area contributed by atoms with Crippen molar-refractivity contribution in [3.63, 3.8) is 0 Å². The van der Waals surface area contributed by atoms with Crippen LogP contribution in [0.25, 0.3) is 11.3 Å². The maximum absolute atomic E-state index is 10.2. The summed E-state index contributed by atoms with van der Waals surface area (Å²) in [5, 5.41) is 4.00. The summed E-state index contributed by atoms with van der Waals surface area (Å²) in [6.07, 6.45) is 0.726. The van der Waals surface area contributed by atoms with E-state index in [4.69, 9.17) is 39.8 Å². The standard InChI is InChI=1S/C14H13Cl2N3O2S/c15-11-3-1-9(7-12(11)16)13-4-2-10(21-13)8-18-19-14(22)17-5-6-20/h1-4,6-7,18H,5,8H2,(H2,17,19,22). The van der Waals surface area contributed by atoms with Gasteiger partial charge in [0.15, 0.2) is 5.11 Å². The minimum atomic E-state index is 0.162. The first-order chi connectivity index (χ1) is 10.6. The van der Waals surface area contributed by atoms with E-state index in [0.29, 0.717) is 33.2 Å². The summed E-state index contributed by atoms with van der Waals surface area (Å²) in [4.78, 5) is 10.2. The molecular weight excluding hydrogens is 345 g/mol. The SMILES string of the molecule is O=CCNC(=S)NNCc1ccc(-c2ccc(Cl)c(Cl)c2)o1. The second-order valence-electron chi connectivity index (χ2n) is 4.25. The molecule has 22 heavy (non-hydrogen) atoms. The first kappa shape index (κ1) is 16.8. The van der Waals surface area contributed by atoms with Gasteiger partial charge in [-0.05, 0) is 42.5 Å². The number of thiocarbonyl (C=S) groups is 1. The molecular formula is C14H13Cl2N3O2S. The first-order valence-corrected chi connectivity index (χ1v) is 7.51. The topological polar surface area (TPSA) is 66.3 Å². The van der Waals surface area contributed by atoms with Crippen molar-refractivity contribution in [2.45, 2.75) is 6.54 Å². The Kier molecular flexibility index (Phi) is 6.21. The number of halogens is 2. The molecule has 8 heteroatoms. The van der Waals surface area contributed by atoms with Gasteiger partial charge in [-0.1, -0.05) is 23.2 Å². The van der Waals surface area contributed by atoms with Gasteiger partial charge in [0.2, 0.25) is 0 Å². The minimum Gasteiger partial charge on any atom is -0.460 e. The van der Waals surface area contributed by atoms with Crippen molar-refractivity contribution in [1.82, 2.24) is 16.2 Å². The summed E-state index contributed by atoms with van der Waals surface area (Å²) >= 11 is 16.8. The number of furan rings is 1. The van der Waals surface area contributed by atoms with Crippen LogP contribution in [-0.4, -0.2) is 17.9 Å². The molecule has 0 spiro atoms. The van der Waals surface area contributed by atoms with Crippen molar-refractivity contribution in [3.05, 3.63) is 46.1 Å². The molecule has 1 aromatic heterocycles. The van der Waals surface area contributed by atoms with Crippen LogP contribution in [0.5, 0.6) is 0 Å². The van der Waals surface area contributed by atoms with Crippen LogP contribution in [0.15, 0.2) is 34.7 Å². The molecule has 0 saturated carbocycles. The van der Waals surface area contributed by atoms with Gasteiger partial charge in [-0.15, -0.1) is 0 Å². The molecule has 0 radical (unpaired) electrons. The molecule has 0 aliphatic heterocycles. The molecule has 1 heterocycles. The van der Waals surface area contributed by atoms with Crippen molar-refractivity contribution < 1.29 is 9.21 Å². The highest BCUT2D eigenvalue weighted by molar-refractivity contribution is 7.80. The van der Waals surface area contributed by atoms with E-state index in [-0.39, 0.29) is 6.54 Å². The van der Waals surface area contributed by atoms with Crippen LogP contribution in [0.1, 0.15) is 5.76 Å². The van der Waals surface area contributed by atoms with E-state index >= 15 is 0 Å². The number of aldehydes is 1. The Morgan fingerprint density at radius 3 is 2.77 bits per heavy atom. The number of benzene rings is 1. The Morgan fingerprint density at radius 2 is 2.05 bits per heavy atom. The number of hydrazine groups is 1. The zero-order valence-corrected chi connectivity index (χ0v) is 13.7. The van der Waals surface area contributed by atoms with Gasteiger partial charge in [0.1, 0.15) is 17.8 Å². The Labute approximate surface area is 142 Å². The number of hydrogen-bond donors (Lipinski definition) is 3. The van der Waals surface area contributed by atoms with Crippen molar-refractivity contribution in [2.24, 2.45) is 0 Å². The van der Waals surface area contributed by atoms with Crippen molar-refractivity contribution >= 4 is 46.8 Å². The Morgan fingerprint density at radius 1 is 1.23 bits per heavy atom. The largest absolute Gasteiger partial charge is 0.460 e. The van der Waals surface area contributed by atoms with Crippen LogP contribution in [0.4, 0.5) is 0 Å². The first-order valence-electron chi connectivity index (χ1n) is 6.34. The van der Waals surface area contributed by atoms with Crippen LogP contribution < -0.4 is 16.2 Å². The Hall–Kier alpha value is -1.60. The summed E-state index contributed by atoms with van der Waals surface area (Å²) in [7, 11) is 0. The second kappa shape index (κ2) is 8.14. The third kappa shape index (κ3) is 4.71. The van der Waals surface area contributed by atoms with E-state index in [1.165, 1.54) is 0 Å². The van der Waals surface area contributed by atoms with Gasteiger partial charge in [-0.2, -0.15) is 0 Å². The van der Waals surface area contributed by atoms with Gasteiger partial charge < -0.3 is 14.5 Å². The predicted octanol–water partition coefficient (Wildman–Crippen LogP) is 2.92. The van der Waals surface area contributed by atoms with Crippen molar-refractivity contribution in [3.8, 4) is 11.3 Å². The van der Waals surface area contributed by atoms with Crippen molar-refractivity contribution in [1.29, 1.82) is 0 Å². The zero-order chi connectivity index (χ0) is 15.9. The van der Waals surface area contributed by atoms with E-state index in [1.54, 1.807) is 12.1 Å². The fraction of sp³-hybridized carbons (Fsp3) is 0.143. The molecule has 0 unspecified atom stereocenters. The maximum Gasteiger partial charge on any atom is 0.181 e. The number of carbonyl (C=O) groups is 1. The van der Waals surface area contributed by atoms with Gasteiger partial charge in [0.25, 0.3) is 0 Å². The lowest BCUT2D eigenvalue weighted by Crippen LogP contribution is -2.44. The van der Waals surface area contributed by atoms with Gasteiger partial charge in [0, 0.05) is 5.56 Å². The molecule has 1 aromatic carbocycles. The van der Waals surface area contributed by atoms with E-state index in [0.717, 1.165) is 11.8 Å². The smallest absolute Gasteiger partial charge is 0.181 e. The number of rotatable bonds is 6. The summed E-state index contributed by atoms with van der Waals surface area (Å²) in [5.74, 6) is 1.41. The van der Waals surface area contributed by atoms with Crippen LogP contribution >= 0.6 is 35.4 Å². The average molecular weight is 358 g/mol. The molecule has 0 saturated heterocycles. The molecule has 2 rings (SSSR count). The zero-order valence-electron chi connectivity index (χ0n) is 11.4. The average Bonchev–Trinajstić information content (AvgIpc) is 2.97. The molecule has 5 nitrogen and oxygen atoms in total. The summed E-state index contributed by atoms with van der Waals surface area (Å²) in [6.45, 7) is 0.583. The van der Waals surface area contributed by atoms with Crippen LogP contribution in [0.2, 0.25) is 10.0 Å². The minimum absolute atomic E-state index is 0.162. The highest BCUT2D eigenvalue weighted by Gasteiger charge is 2.07. The van der Waals surface area contributed by atoms with E-state index < -0.39 is 0 Å². The lowest BCUT2D eigenvalue weighted by molar-refractivity contribution is -0.106. The molecule has 0 aliphatic carbocycles. The van der Waals surface area contributed by atoms with Gasteiger partial charge in [0.05, 0.1) is 23.1 Å². The van der Waals surface area contributed by atoms with E-state index in [9.17, 15) is 4.79 Å². The van der Waals surface area contributed by atoms with Crippen LogP contribution in [0, 0.1) is 0 Å². The Balaban J connectivity index is 1.90. The lowest BCUT2D eigenvalue weighted by Gasteiger charge is -2.08. The van der Waals surface area contributed by atoms with E-state index in [1.807, 2.05) is 18.2 Å². The lowest BCUT2D eigenvalue weighted by atomic mass is 10.2. The van der Waals surface area contributed by atoms with Crippen molar-refractivity contribution in [2.75, 3.05) is 6.54 Å². The summed E-state index contributed by atoms with van der Waals surface area (Å²) < 4.78 is 5.70. The van der Waals surface area contributed by atoms with Crippen LogP contribution in [0.3, 0.4) is 0 Å². The number of nitrogens with one attached hydrogen (secondary N) is 3. The second-order valence-corrected chi connectivity index (χ2v) is 5.47.